The molecular formula is C57H42N2. The van der Waals surface area contributed by atoms with Gasteiger partial charge in [0.25, 0.3) is 0 Å². The van der Waals surface area contributed by atoms with Crippen LogP contribution in [0.25, 0.3) is 55.5 Å². The van der Waals surface area contributed by atoms with Crippen LogP contribution in [0, 0.1) is 0 Å². The molecule has 0 saturated heterocycles. The van der Waals surface area contributed by atoms with Crippen molar-refractivity contribution in [2.45, 2.75) is 31.1 Å². The van der Waals surface area contributed by atoms with Crippen LogP contribution in [0.1, 0.15) is 52.6 Å². The van der Waals surface area contributed by atoms with Gasteiger partial charge in [-0.2, -0.15) is 0 Å². The van der Waals surface area contributed by atoms with Gasteiger partial charge in [-0.25, -0.2) is 0 Å². The molecule has 0 spiro atoms. The van der Waals surface area contributed by atoms with E-state index < -0.39 is 5.41 Å². The summed E-state index contributed by atoms with van der Waals surface area (Å²) in [6, 6.07) is 66.3. The smallest absolute Gasteiger partial charge is 0.0713 e. The molecule has 1 aromatic heterocycles. The maximum atomic E-state index is 2.53. The third-order valence-electron chi connectivity index (χ3n) is 13.1. The Labute approximate surface area is 345 Å². The zero-order valence-electron chi connectivity index (χ0n) is 32.9. The summed E-state index contributed by atoms with van der Waals surface area (Å²) in [4.78, 5) is 2.47. The molecule has 0 saturated carbocycles. The minimum Gasteiger partial charge on any atom is -0.313 e. The molecule has 1 heterocycles. The van der Waals surface area contributed by atoms with Crippen LogP contribution in [-0.2, 0) is 11.8 Å². The summed E-state index contributed by atoms with van der Waals surface area (Å²) in [7, 11) is 0. The fourth-order valence-corrected chi connectivity index (χ4v) is 10.5. The zero-order chi connectivity index (χ0) is 38.9. The number of aryl methyl sites for hydroxylation is 1. The van der Waals surface area contributed by atoms with Crippen LogP contribution in [0.3, 0.4) is 0 Å². The van der Waals surface area contributed by atoms with Crippen molar-refractivity contribution in [2.75, 3.05) is 4.90 Å². The Morgan fingerprint density at radius 1 is 0.475 bits per heavy atom. The second-order valence-corrected chi connectivity index (χ2v) is 16.3. The van der Waals surface area contributed by atoms with Gasteiger partial charge in [-0.15, -0.1) is 0 Å². The average Bonchev–Trinajstić information content (AvgIpc) is 3.80. The van der Waals surface area contributed by atoms with E-state index in [0.29, 0.717) is 0 Å². The molecule has 59 heavy (non-hydrogen) atoms. The second kappa shape index (κ2) is 13.5. The minimum atomic E-state index is -0.476. The SMILES string of the molecule is C1=CCCC(n2c3ccc(N(c4ccc5c(c4)CCC=C5)c4ccc5ccccc5c4)cc3c3cc(C4(c5ccccc5)c5ccccc5-c5ccccc54)ccc32)=C1. The van der Waals surface area contributed by atoms with Crippen molar-refractivity contribution in [1.29, 1.82) is 0 Å². The Hall–Kier alpha value is -7.16. The van der Waals surface area contributed by atoms with Gasteiger partial charge in [0.2, 0.25) is 0 Å². The first-order valence-electron chi connectivity index (χ1n) is 21.0. The molecule has 0 atom stereocenters. The van der Waals surface area contributed by atoms with Crippen LogP contribution in [0.2, 0.25) is 0 Å². The second-order valence-electron chi connectivity index (χ2n) is 16.3. The number of aromatic nitrogens is 1. The van der Waals surface area contributed by atoms with Gasteiger partial charge in [-0.1, -0.05) is 146 Å². The van der Waals surface area contributed by atoms with E-state index in [4.69, 9.17) is 0 Å². The Bertz CT molecular complexity index is 3180. The summed E-state index contributed by atoms with van der Waals surface area (Å²) >= 11 is 0. The largest absolute Gasteiger partial charge is 0.313 e. The van der Waals surface area contributed by atoms with Gasteiger partial charge in [-0.3, -0.25) is 0 Å². The highest BCUT2D eigenvalue weighted by Crippen LogP contribution is 2.56. The average molecular weight is 755 g/mol. The number of hydrogen-bond donors (Lipinski definition) is 0. The first-order valence-corrected chi connectivity index (χ1v) is 21.0. The quantitative estimate of drug-likeness (QED) is 0.164. The zero-order valence-corrected chi connectivity index (χ0v) is 32.9. The highest BCUT2D eigenvalue weighted by Gasteiger charge is 2.46. The standard InChI is InChI=1S/C57H42N2/c1-3-19-43(20-4-1)57(53-25-13-11-23-49(53)50-24-12-14-26-54(50)57)44-29-33-55-51(37-44)52-38-48(32-34-56(52)59(55)45-21-5-2-6-22-45)58(46-30-27-39-15-7-9-17-41(39)35-46)47-31-28-40-16-8-10-18-42(40)36-47/h1-5,7-9,11-17,19-21,23-38H,6,10,18,22H2. The van der Waals surface area contributed by atoms with Crippen molar-refractivity contribution < 1.29 is 0 Å². The molecule has 2 nitrogen and oxygen atoms in total. The number of hydrogen-bond acceptors (Lipinski definition) is 1. The number of benzene rings is 8. The van der Waals surface area contributed by atoms with E-state index in [1.807, 2.05) is 0 Å². The third-order valence-corrected chi connectivity index (χ3v) is 13.1. The summed E-state index contributed by atoms with van der Waals surface area (Å²) in [6.07, 6.45) is 15.6. The van der Waals surface area contributed by atoms with Crippen molar-refractivity contribution in [1.82, 2.24) is 4.57 Å². The van der Waals surface area contributed by atoms with Crippen LogP contribution in [0.5, 0.6) is 0 Å². The topological polar surface area (TPSA) is 8.17 Å². The first-order chi connectivity index (χ1) is 29.3. The summed E-state index contributed by atoms with van der Waals surface area (Å²) in [5.41, 5.74) is 17.4. The Balaban J connectivity index is 1.14. The number of fused-ring (bicyclic) bond motifs is 8. The molecule has 3 aliphatic rings. The molecule has 280 valence electrons. The maximum absolute atomic E-state index is 2.53. The predicted molar refractivity (Wildman–Crippen MR) is 249 cm³/mol. The Morgan fingerprint density at radius 2 is 1.12 bits per heavy atom. The maximum Gasteiger partial charge on any atom is 0.0713 e. The lowest BCUT2D eigenvalue weighted by atomic mass is 9.67. The van der Waals surface area contributed by atoms with Gasteiger partial charge >= 0.3 is 0 Å². The summed E-state index contributed by atoms with van der Waals surface area (Å²) in [5, 5.41) is 5.00. The van der Waals surface area contributed by atoms with Crippen LogP contribution in [0.4, 0.5) is 17.1 Å². The lowest BCUT2D eigenvalue weighted by molar-refractivity contribution is 0.770. The molecular weight excluding hydrogens is 713 g/mol. The van der Waals surface area contributed by atoms with Gasteiger partial charge in [0.1, 0.15) is 0 Å². The molecule has 12 rings (SSSR count). The van der Waals surface area contributed by atoms with Crippen LogP contribution in [-0.4, -0.2) is 4.57 Å². The van der Waals surface area contributed by atoms with E-state index in [-0.39, 0.29) is 0 Å². The van der Waals surface area contributed by atoms with Crippen molar-refractivity contribution in [3.05, 3.63) is 234 Å². The molecule has 0 radical (unpaired) electrons. The summed E-state index contributed by atoms with van der Waals surface area (Å²) in [5.74, 6) is 0. The molecule has 0 aliphatic heterocycles. The van der Waals surface area contributed by atoms with E-state index in [9.17, 15) is 0 Å². The molecule has 3 aliphatic carbocycles. The summed E-state index contributed by atoms with van der Waals surface area (Å²) in [6.45, 7) is 0. The highest BCUT2D eigenvalue weighted by atomic mass is 15.1. The number of anilines is 3. The van der Waals surface area contributed by atoms with Gasteiger partial charge in [0.15, 0.2) is 0 Å². The molecule has 0 bridgehead atoms. The third kappa shape index (κ3) is 5.19. The lowest BCUT2D eigenvalue weighted by Gasteiger charge is -2.34. The van der Waals surface area contributed by atoms with Crippen molar-refractivity contribution in [3.63, 3.8) is 0 Å². The van der Waals surface area contributed by atoms with E-state index in [1.54, 1.807) is 0 Å². The number of nitrogens with zero attached hydrogens (tertiary/aromatic N) is 2. The Morgan fingerprint density at radius 3 is 1.92 bits per heavy atom. The number of rotatable bonds is 6. The van der Waals surface area contributed by atoms with Crippen LogP contribution >= 0.6 is 0 Å². The molecule has 9 aromatic rings. The first kappa shape index (κ1) is 33.9. The molecule has 0 N–H and O–H groups in total. The fraction of sp³-hybridized carbons (Fsp3) is 0.0877. The molecule has 0 unspecified atom stereocenters. The summed E-state index contributed by atoms with van der Waals surface area (Å²) < 4.78 is 2.53. The Kier molecular flexibility index (Phi) is 7.74. The predicted octanol–water partition coefficient (Wildman–Crippen LogP) is 14.9. The van der Waals surface area contributed by atoms with Crippen LogP contribution in [0.15, 0.2) is 200 Å². The monoisotopic (exact) mass is 754 g/mol. The lowest BCUT2D eigenvalue weighted by Crippen LogP contribution is -2.28. The highest BCUT2D eigenvalue weighted by molar-refractivity contribution is 6.12. The van der Waals surface area contributed by atoms with Crippen molar-refractivity contribution in [3.8, 4) is 11.1 Å². The van der Waals surface area contributed by atoms with Crippen molar-refractivity contribution in [2.24, 2.45) is 0 Å². The van der Waals surface area contributed by atoms with Gasteiger partial charge in [0, 0.05) is 33.5 Å². The van der Waals surface area contributed by atoms with Crippen molar-refractivity contribution >= 4 is 61.4 Å². The normalized spacial score (nSPS) is 14.9. The van der Waals surface area contributed by atoms with Gasteiger partial charge in [0.05, 0.1) is 16.4 Å². The van der Waals surface area contributed by atoms with Gasteiger partial charge in [-0.05, 0) is 142 Å². The van der Waals surface area contributed by atoms with E-state index in [2.05, 4.69) is 216 Å². The van der Waals surface area contributed by atoms with E-state index in [1.165, 1.54) is 88.5 Å². The van der Waals surface area contributed by atoms with Crippen LogP contribution < -0.4 is 4.90 Å². The molecule has 0 amide bonds. The van der Waals surface area contributed by atoms with Gasteiger partial charge < -0.3 is 9.47 Å². The molecule has 8 aromatic carbocycles. The molecule has 0 fully saturated rings. The number of allylic oxidation sites excluding steroid dienone is 5. The fourth-order valence-electron chi connectivity index (χ4n) is 10.5. The minimum absolute atomic E-state index is 0.476. The van der Waals surface area contributed by atoms with E-state index >= 15 is 0 Å². The van der Waals surface area contributed by atoms with E-state index in [0.717, 1.165) is 37.1 Å². The molecule has 2 heteroatoms.